The van der Waals surface area contributed by atoms with E-state index >= 15 is 0 Å². The number of para-hydroxylation sites is 1. The second kappa shape index (κ2) is 4.71. The first-order chi connectivity index (χ1) is 14.3. The number of ether oxygens (including phenoxy) is 1. The zero-order chi connectivity index (χ0) is 18.9. The van der Waals surface area contributed by atoms with Crippen LogP contribution >= 0.6 is 0 Å². The number of fused-ring (bicyclic) bond motifs is 13. The predicted octanol–water partition coefficient (Wildman–Crippen LogP) is 4.84. The van der Waals surface area contributed by atoms with Crippen LogP contribution in [0.25, 0.3) is 32.9 Å². The molecule has 4 nitrogen and oxygen atoms in total. The zero-order valence-electron chi connectivity index (χ0n) is 15.7. The summed E-state index contributed by atoms with van der Waals surface area (Å²) in [5.74, 6) is 0.272. The average Bonchev–Trinajstić information content (AvgIpc) is 3.47. The lowest BCUT2D eigenvalue weighted by molar-refractivity contribution is 0.00493. The Hall–Kier alpha value is -3.11. The first kappa shape index (κ1) is 14.8. The number of nitrogens with zero attached hydrogens (tertiary/aromatic N) is 1. The van der Waals surface area contributed by atoms with Crippen molar-refractivity contribution >= 4 is 27.7 Å². The van der Waals surface area contributed by atoms with Crippen LogP contribution in [0.3, 0.4) is 0 Å². The van der Waals surface area contributed by atoms with E-state index in [9.17, 15) is 4.79 Å². The highest BCUT2D eigenvalue weighted by atomic mass is 16.5. The summed E-state index contributed by atoms with van der Waals surface area (Å²) in [7, 11) is 0. The number of carbonyl (C=O) groups excluding carboxylic acids is 1. The molecule has 140 valence electrons. The molecule has 8 rings (SSSR count). The van der Waals surface area contributed by atoms with Crippen molar-refractivity contribution in [1.82, 2.24) is 9.88 Å². The van der Waals surface area contributed by atoms with Crippen LogP contribution in [0.1, 0.15) is 52.0 Å². The highest BCUT2D eigenvalue weighted by Crippen LogP contribution is 2.59. The summed E-state index contributed by atoms with van der Waals surface area (Å²) < 4.78 is 9.12. The Labute approximate surface area is 167 Å². The molecular weight excluding hydrogens is 360 g/mol. The number of aromatic nitrogens is 1. The lowest BCUT2D eigenvalue weighted by Crippen LogP contribution is -2.16. The van der Waals surface area contributed by atoms with Crippen LogP contribution in [0.5, 0.6) is 0 Å². The lowest BCUT2D eigenvalue weighted by Gasteiger charge is -2.20. The molecule has 2 bridgehead atoms. The largest absolute Gasteiger partial charge is 0.354 e. The van der Waals surface area contributed by atoms with Crippen molar-refractivity contribution in [2.45, 2.75) is 37.6 Å². The van der Waals surface area contributed by atoms with E-state index in [1.165, 1.54) is 38.5 Å². The second-order valence-electron chi connectivity index (χ2n) is 8.71. The van der Waals surface area contributed by atoms with Gasteiger partial charge in [0.2, 0.25) is 0 Å². The van der Waals surface area contributed by atoms with Gasteiger partial charge < -0.3 is 14.6 Å². The summed E-state index contributed by atoms with van der Waals surface area (Å²) >= 11 is 0. The van der Waals surface area contributed by atoms with E-state index in [2.05, 4.69) is 58.4 Å². The van der Waals surface area contributed by atoms with Crippen LogP contribution in [0.15, 0.2) is 48.5 Å². The first-order valence-electron chi connectivity index (χ1n) is 10.5. The van der Waals surface area contributed by atoms with Gasteiger partial charge >= 0.3 is 0 Å². The monoisotopic (exact) mass is 378 g/mol. The van der Waals surface area contributed by atoms with Gasteiger partial charge in [-0.3, -0.25) is 4.79 Å². The molecule has 0 radical (unpaired) electrons. The molecule has 3 atom stereocenters. The van der Waals surface area contributed by atoms with Gasteiger partial charge in [-0.2, -0.15) is 0 Å². The molecule has 1 amide bonds. The molecule has 1 N–H and O–H groups in total. The van der Waals surface area contributed by atoms with Gasteiger partial charge in [-0.25, -0.2) is 0 Å². The smallest absolute Gasteiger partial charge is 0.252 e. The van der Waals surface area contributed by atoms with Crippen LogP contribution in [0.2, 0.25) is 0 Å². The normalized spacial score (nSPS) is 25.4. The standard InChI is InChI=1S/C25H18N2O2/c28-25-22-15(11-26-25)19-14-7-3-4-8-16(14)27-18-10-9-17(29-18)20-12-5-1-2-6-13(12)21(22)23(20)24(19)27/h1-8,17-18,20H,9-11H2,(H,26,28)/t17-,18?,20+/m0/s1. The third-order valence-electron chi connectivity index (χ3n) is 7.51. The Kier molecular flexibility index (Phi) is 2.41. The van der Waals surface area contributed by atoms with Crippen molar-refractivity contribution < 1.29 is 9.53 Å². The van der Waals surface area contributed by atoms with E-state index < -0.39 is 0 Å². The minimum absolute atomic E-state index is 0.0655. The molecule has 0 spiro atoms. The molecule has 3 aliphatic heterocycles. The Morgan fingerprint density at radius 2 is 1.86 bits per heavy atom. The Morgan fingerprint density at radius 3 is 2.83 bits per heavy atom. The van der Waals surface area contributed by atoms with Crippen LogP contribution in [-0.4, -0.2) is 16.6 Å². The summed E-state index contributed by atoms with van der Waals surface area (Å²) in [5.41, 5.74) is 9.58. The van der Waals surface area contributed by atoms with Crippen molar-refractivity contribution in [2.24, 2.45) is 0 Å². The SMILES string of the molecule is O=C1NCc2c1c1c3c4c2c2ccccc2n4C2CC[C@H](O2)[C@H]3c2ccccc2-1. The molecule has 1 aliphatic carbocycles. The fraction of sp³-hybridized carbons (Fsp3) is 0.240. The Morgan fingerprint density at radius 1 is 1.00 bits per heavy atom. The molecule has 0 saturated carbocycles. The quantitative estimate of drug-likeness (QED) is 0.476. The molecule has 1 aromatic heterocycles. The van der Waals surface area contributed by atoms with Crippen LogP contribution in [0, 0.1) is 0 Å². The van der Waals surface area contributed by atoms with E-state index in [0.717, 1.165) is 29.5 Å². The van der Waals surface area contributed by atoms with Crippen LogP contribution in [-0.2, 0) is 11.3 Å². The van der Waals surface area contributed by atoms with Crippen LogP contribution < -0.4 is 5.32 Å². The van der Waals surface area contributed by atoms with Gasteiger partial charge in [0.25, 0.3) is 5.91 Å². The van der Waals surface area contributed by atoms with Crippen LogP contribution in [0.4, 0.5) is 0 Å². The van der Waals surface area contributed by atoms with Gasteiger partial charge in [0.05, 0.1) is 22.7 Å². The fourth-order valence-corrected chi connectivity index (χ4v) is 6.55. The number of nitrogens with one attached hydrogen (secondary N) is 1. The molecule has 4 aromatic rings. The molecule has 4 heterocycles. The highest BCUT2D eigenvalue weighted by Gasteiger charge is 2.48. The maximum atomic E-state index is 13.0. The van der Waals surface area contributed by atoms with Gasteiger partial charge in [-0.15, -0.1) is 0 Å². The van der Waals surface area contributed by atoms with Gasteiger partial charge in [0.1, 0.15) is 6.23 Å². The number of hydrogen-bond donors (Lipinski definition) is 1. The predicted molar refractivity (Wildman–Crippen MR) is 111 cm³/mol. The molecular formula is C25H18N2O2. The molecule has 1 saturated heterocycles. The highest BCUT2D eigenvalue weighted by molar-refractivity contribution is 6.20. The number of hydrogen-bond acceptors (Lipinski definition) is 2. The summed E-state index contributed by atoms with van der Waals surface area (Å²) in [6, 6.07) is 17.3. The second-order valence-corrected chi connectivity index (χ2v) is 8.71. The fourth-order valence-electron chi connectivity index (χ4n) is 6.55. The summed E-state index contributed by atoms with van der Waals surface area (Å²) in [6.07, 6.45) is 2.35. The summed E-state index contributed by atoms with van der Waals surface area (Å²) in [6.45, 7) is 0.605. The van der Waals surface area contributed by atoms with Crippen molar-refractivity contribution in [3.63, 3.8) is 0 Å². The van der Waals surface area contributed by atoms with E-state index in [4.69, 9.17) is 4.74 Å². The zero-order valence-corrected chi connectivity index (χ0v) is 15.7. The van der Waals surface area contributed by atoms with Gasteiger partial charge in [0, 0.05) is 28.8 Å². The van der Waals surface area contributed by atoms with E-state index in [1.54, 1.807) is 0 Å². The van der Waals surface area contributed by atoms with Crippen molar-refractivity contribution in [1.29, 1.82) is 0 Å². The first-order valence-corrected chi connectivity index (χ1v) is 10.5. The third kappa shape index (κ3) is 1.51. The van der Waals surface area contributed by atoms with Gasteiger partial charge in [0.15, 0.2) is 0 Å². The van der Waals surface area contributed by atoms with E-state index in [-0.39, 0.29) is 24.2 Å². The van der Waals surface area contributed by atoms with E-state index in [0.29, 0.717) is 6.54 Å². The van der Waals surface area contributed by atoms with Gasteiger partial charge in [-0.1, -0.05) is 42.5 Å². The Balaban J connectivity index is 1.71. The molecule has 4 heteroatoms. The molecule has 3 aromatic carbocycles. The molecule has 29 heavy (non-hydrogen) atoms. The number of benzene rings is 3. The molecule has 4 aliphatic rings. The third-order valence-corrected chi connectivity index (χ3v) is 7.51. The van der Waals surface area contributed by atoms with Crippen molar-refractivity contribution in [2.75, 3.05) is 0 Å². The minimum Gasteiger partial charge on any atom is -0.354 e. The van der Waals surface area contributed by atoms with Crippen molar-refractivity contribution in [3.8, 4) is 11.1 Å². The minimum atomic E-state index is 0.0655. The van der Waals surface area contributed by atoms with Gasteiger partial charge in [-0.05, 0) is 41.2 Å². The maximum Gasteiger partial charge on any atom is 0.252 e. The number of rotatable bonds is 0. The Bertz CT molecular complexity index is 1430. The topological polar surface area (TPSA) is 43.3 Å². The summed E-state index contributed by atoms with van der Waals surface area (Å²) in [5, 5.41) is 5.61. The molecule has 1 unspecified atom stereocenters. The lowest BCUT2D eigenvalue weighted by atomic mass is 9.86. The van der Waals surface area contributed by atoms with E-state index in [1.807, 2.05) is 0 Å². The van der Waals surface area contributed by atoms with Crippen molar-refractivity contribution in [3.05, 3.63) is 70.8 Å². The molecule has 1 fully saturated rings. The summed E-state index contributed by atoms with van der Waals surface area (Å²) in [4.78, 5) is 13.0. The average molecular weight is 378 g/mol. The number of carbonyl (C=O) groups is 1. The number of amides is 1. The maximum absolute atomic E-state index is 13.0.